The Balaban J connectivity index is 2.70. The molecule has 0 saturated heterocycles. The second-order valence-corrected chi connectivity index (χ2v) is 3.69. The monoisotopic (exact) mass is 170 g/mol. The fourth-order valence-electron chi connectivity index (χ4n) is 1.90. The van der Waals surface area contributed by atoms with Crippen LogP contribution in [0.1, 0.15) is 20.3 Å². The van der Waals surface area contributed by atoms with Crippen LogP contribution in [0.3, 0.4) is 0 Å². The molecule has 1 aliphatic carbocycles. The topological polar surface area (TPSA) is 29.5 Å². The SMILES string of the molecule is CO[C@H]1[C@@H](C)[C@H](O)C=CC[C@H]1C. The number of ether oxygens (including phenoxy) is 1. The van der Waals surface area contributed by atoms with Gasteiger partial charge in [0.15, 0.2) is 0 Å². The predicted molar refractivity (Wildman–Crippen MR) is 48.9 cm³/mol. The summed E-state index contributed by atoms with van der Waals surface area (Å²) < 4.78 is 5.37. The second kappa shape index (κ2) is 4.06. The van der Waals surface area contributed by atoms with Crippen molar-refractivity contribution in [2.75, 3.05) is 7.11 Å². The Hall–Kier alpha value is -0.340. The molecule has 0 aromatic carbocycles. The molecular weight excluding hydrogens is 152 g/mol. The van der Waals surface area contributed by atoms with Gasteiger partial charge in [-0.2, -0.15) is 0 Å². The number of aliphatic hydroxyl groups is 1. The summed E-state index contributed by atoms with van der Waals surface area (Å²) in [6.45, 7) is 4.19. The van der Waals surface area contributed by atoms with Gasteiger partial charge in [0.2, 0.25) is 0 Å². The average molecular weight is 170 g/mol. The van der Waals surface area contributed by atoms with Gasteiger partial charge >= 0.3 is 0 Å². The molecule has 70 valence electrons. The Morgan fingerprint density at radius 2 is 2.08 bits per heavy atom. The van der Waals surface area contributed by atoms with Gasteiger partial charge in [0.1, 0.15) is 0 Å². The second-order valence-electron chi connectivity index (χ2n) is 3.69. The van der Waals surface area contributed by atoms with E-state index in [1.807, 2.05) is 19.1 Å². The van der Waals surface area contributed by atoms with Crippen LogP contribution < -0.4 is 0 Å². The molecule has 1 aliphatic rings. The van der Waals surface area contributed by atoms with Gasteiger partial charge in [0.05, 0.1) is 12.2 Å². The van der Waals surface area contributed by atoms with Crippen LogP contribution in [0.15, 0.2) is 12.2 Å². The first-order chi connectivity index (χ1) is 5.66. The van der Waals surface area contributed by atoms with Crippen molar-refractivity contribution in [2.24, 2.45) is 11.8 Å². The first-order valence-corrected chi connectivity index (χ1v) is 4.54. The van der Waals surface area contributed by atoms with Crippen LogP contribution in [-0.4, -0.2) is 24.4 Å². The van der Waals surface area contributed by atoms with Crippen molar-refractivity contribution in [2.45, 2.75) is 32.5 Å². The summed E-state index contributed by atoms with van der Waals surface area (Å²) in [5, 5.41) is 9.61. The average Bonchev–Trinajstić information content (AvgIpc) is 2.14. The molecule has 0 bridgehead atoms. The highest BCUT2D eigenvalue weighted by atomic mass is 16.5. The number of hydrogen-bond donors (Lipinski definition) is 1. The fourth-order valence-corrected chi connectivity index (χ4v) is 1.90. The summed E-state index contributed by atoms with van der Waals surface area (Å²) in [5.41, 5.74) is 0. The van der Waals surface area contributed by atoms with Gasteiger partial charge in [-0.25, -0.2) is 0 Å². The van der Waals surface area contributed by atoms with Crippen LogP contribution in [0.5, 0.6) is 0 Å². The Bertz CT molecular complexity index is 165. The number of rotatable bonds is 1. The van der Waals surface area contributed by atoms with E-state index in [0.717, 1.165) is 6.42 Å². The van der Waals surface area contributed by atoms with Crippen molar-refractivity contribution in [3.63, 3.8) is 0 Å². The highest BCUT2D eigenvalue weighted by molar-refractivity contribution is 4.99. The van der Waals surface area contributed by atoms with Crippen LogP contribution in [0.4, 0.5) is 0 Å². The summed E-state index contributed by atoms with van der Waals surface area (Å²) in [5.74, 6) is 0.696. The van der Waals surface area contributed by atoms with Gasteiger partial charge in [-0.1, -0.05) is 26.0 Å². The van der Waals surface area contributed by atoms with Gasteiger partial charge in [0, 0.05) is 13.0 Å². The van der Waals surface area contributed by atoms with Crippen LogP contribution in [0, 0.1) is 11.8 Å². The molecule has 0 aromatic heterocycles. The van der Waals surface area contributed by atoms with Gasteiger partial charge in [0.25, 0.3) is 0 Å². The summed E-state index contributed by atoms with van der Waals surface area (Å²) >= 11 is 0. The zero-order chi connectivity index (χ0) is 9.14. The molecule has 0 aliphatic heterocycles. The largest absolute Gasteiger partial charge is 0.389 e. The van der Waals surface area contributed by atoms with Crippen molar-refractivity contribution in [1.29, 1.82) is 0 Å². The van der Waals surface area contributed by atoms with Crippen LogP contribution >= 0.6 is 0 Å². The number of aliphatic hydroxyl groups excluding tert-OH is 1. The van der Waals surface area contributed by atoms with Gasteiger partial charge in [-0.05, 0) is 12.3 Å². The van der Waals surface area contributed by atoms with Gasteiger partial charge < -0.3 is 9.84 Å². The summed E-state index contributed by atoms with van der Waals surface area (Å²) in [6, 6.07) is 0. The van der Waals surface area contributed by atoms with Crippen molar-refractivity contribution in [3.05, 3.63) is 12.2 Å². The highest BCUT2D eigenvalue weighted by Gasteiger charge is 2.28. The standard InChI is InChI=1S/C10H18O2/c1-7-5-4-6-9(11)8(2)10(7)12-3/h4,6-11H,5H2,1-3H3/t7-,8+,9-,10-/m1/s1. The van der Waals surface area contributed by atoms with Crippen LogP contribution in [-0.2, 0) is 4.74 Å². The maximum Gasteiger partial charge on any atom is 0.0771 e. The van der Waals surface area contributed by atoms with Gasteiger partial charge in [-0.3, -0.25) is 0 Å². The van der Waals surface area contributed by atoms with E-state index in [1.165, 1.54) is 0 Å². The lowest BCUT2D eigenvalue weighted by atomic mass is 9.90. The molecule has 4 atom stereocenters. The highest BCUT2D eigenvalue weighted by Crippen LogP contribution is 2.25. The van der Waals surface area contributed by atoms with Crippen molar-refractivity contribution in [3.8, 4) is 0 Å². The number of methoxy groups -OCH3 is 1. The van der Waals surface area contributed by atoms with E-state index in [0.29, 0.717) is 5.92 Å². The molecule has 0 radical (unpaired) electrons. The molecule has 0 heterocycles. The van der Waals surface area contributed by atoms with E-state index < -0.39 is 0 Å². The quantitative estimate of drug-likeness (QED) is 0.606. The zero-order valence-electron chi connectivity index (χ0n) is 8.03. The normalized spacial score (nSPS) is 42.7. The third-order valence-corrected chi connectivity index (χ3v) is 2.73. The molecule has 0 aromatic rings. The predicted octanol–water partition coefficient (Wildman–Crippen LogP) is 1.59. The number of hydrogen-bond acceptors (Lipinski definition) is 2. The third-order valence-electron chi connectivity index (χ3n) is 2.73. The molecule has 0 spiro atoms. The summed E-state index contributed by atoms with van der Waals surface area (Å²) in [6.07, 6.45) is 4.75. The van der Waals surface area contributed by atoms with Crippen molar-refractivity contribution in [1.82, 2.24) is 0 Å². The zero-order valence-corrected chi connectivity index (χ0v) is 8.03. The lowest BCUT2D eigenvalue weighted by molar-refractivity contribution is -0.0156. The summed E-state index contributed by atoms with van der Waals surface area (Å²) in [7, 11) is 1.72. The molecule has 1 rings (SSSR count). The first kappa shape index (κ1) is 9.75. The lowest BCUT2D eigenvalue weighted by Crippen LogP contribution is -2.33. The maximum atomic E-state index is 9.61. The van der Waals surface area contributed by atoms with E-state index in [-0.39, 0.29) is 18.1 Å². The minimum absolute atomic E-state index is 0.176. The molecule has 0 amide bonds. The van der Waals surface area contributed by atoms with E-state index in [9.17, 15) is 5.11 Å². The smallest absolute Gasteiger partial charge is 0.0771 e. The Morgan fingerprint density at radius 3 is 2.67 bits per heavy atom. The van der Waals surface area contributed by atoms with E-state index in [2.05, 4.69) is 6.92 Å². The molecule has 0 unspecified atom stereocenters. The first-order valence-electron chi connectivity index (χ1n) is 4.54. The van der Waals surface area contributed by atoms with Crippen molar-refractivity contribution < 1.29 is 9.84 Å². The van der Waals surface area contributed by atoms with Gasteiger partial charge in [-0.15, -0.1) is 0 Å². The molecule has 12 heavy (non-hydrogen) atoms. The number of allylic oxidation sites excluding steroid dienone is 1. The molecule has 0 saturated carbocycles. The Kier molecular flexibility index (Phi) is 3.29. The third kappa shape index (κ3) is 1.87. The molecule has 1 N–H and O–H groups in total. The molecule has 2 heteroatoms. The Labute approximate surface area is 74.2 Å². The minimum atomic E-state index is -0.347. The van der Waals surface area contributed by atoms with E-state index in [4.69, 9.17) is 4.74 Å². The van der Waals surface area contributed by atoms with E-state index in [1.54, 1.807) is 7.11 Å². The lowest BCUT2D eigenvalue weighted by Gasteiger charge is -2.27. The molecular formula is C10H18O2. The molecule has 0 fully saturated rings. The van der Waals surface area contributed by atoms with E-state index >= 15 is 0 Å². The van der Waals surface area contributed by atoms with Crippen molar-refractivity contribution >= 4 is 0 Å². The van der Waals surface area contributed by atoms with Crippen LogP contribution in [0.2, 0.25) is 0 Å². The Morgan fingerprint density at radius 1 is 1.42 bits per heavy atom. The fraction of sp³-hybridized carbons (Fsp3) is 0.800. The molecule has 2 nitrogen and oxygen atoms in total. The van der Waals surface area contributed by atoms with Crippen LogP contribution in [0.25, 0.3) is 0 Å². The minimum Gasteiger partial charge on any atom is -0.389 e. The summed E-state index contributed by atoms with van der Waals surface area (Å²) in [4.78, 5) is 0. The maximum absolute atomic E-state index is 9.61.